The predicted molar refractivity (Wildman–Crippen MR) is 77.6 cm³/mol. The molecule has 2 amide bonds. The number of nitrogens with one attached hydrogen (secondary N) is 1. The number of primary amides is 2. The zero-order valence-electron chi connectivity index (χ0n) is 11.7. The molecule has 1 aromatic rings. The molecule has 0 fully saturated rings. The van der Waals surface area contributed by atoms with E-state index < -0.39 is 27.9 Å². The van der Waals surface area contributed by atoms with Crippen LogP contribution in [0.1, 0.15) is 25.3 Å². The summed E-state index contributed by atoms with van der Waals surface area (Å²) in [6.07, 6.45) is 0.581. The second-order valence-corrected chi connectivity index (χ2v) is 6.29. The fourth-order valence-corrected chi connectivity index (χ4v) is 2.94. The van der Waals surface area contributed by atoms with E-state index in [2.05, 4.69) is 4.72 Å². The van der Waals surface area contributed by atoms with Crippen LogP contribution in [0.3, 0.4) is 0 Å². The van der Waals surface area contributed by atoms with Crippen LogP contribution in [0.5, 0.6) is 0 Å². The Kier molecular flexibility index (Phi) is 5.86. The Bertz CT molecular complexity index is 611. The van der Waals surface area contributed by atoms with Gasteiger partial charge in [0, 0.05) is 6.42 Å². The molecule has 0 aromatic heterocycles. The van der Waals surface area contributed by atoms with Crippen molar-refractivity contribution in [2.75, 3.05) is 0 Å². The SMILES string of the molecule is CCc1ccc(S(=O)(=O)N[C@@H](CCC(N)=O)C(N)=O)cc1. The topological polar surface area (TPSA) is 132 Å². The maximum atomic E-state index is 12.2. The molecule has 0 saturated carbocycles. The molecule has 0 unspecified atom stereocenters. The standard InChI is InChI=1S/C13H19N3O4S/c1-2-9-3-5-10(6-4-9)21(19,20)16-11(13(15)18)7-8-12(14)17/h3-6,11,16H,2,7-8H2,1H3,(H2,14,17)(H2,15,18)/t11-/m0/s1. The van der Waals surface area contributed by atoms with E-state index in [0.29, 0.717) is 0 Å². The second-order valence-electron chi connectivity index (χ2n) is 4.58. The largest absolute Gasteiger partial charge is 0.370 e. The third-order valence-electron chi connectivity index (χ3n) is 2.96. The number of amides is 2. The lowest BCUT2D eigenvalue weighted by atomic mass is 10.1. The summed E-state index contributed by atoms with van der Waals surface area (Å²) in [5.41, 5.74) is 11.1. The molecule has 0 aliphatic heterocycles. The Labute approximate surface area is 123 Å². The van der Waals surface area contributed by atoms with Gasteiger partial charge in [-0.3, -0.25) is 9.59 Å². The second kappa shape index (κ2) is 7.19. The predicted octanol–water partition coefficient (Wildman–Crippen LogP) is -0.353. The number of carbonyl (C=O) groups is 2. The molecule has 1 atom stereocenters. The summed E-state index contributed by atoms with van der Waals surface area (Å²) >= 11 is 0. The van der Waals surface area contributed by atoms with Crippen molar-refractivity contribution in [3.63, 3.8) is 0 Å². The van der Waals surface area contributed by atoms with Crippen LogP contribution in [0, 0.1) is 0 Å². The van der Waals surface area contributed by atoms with Crippen LogP contribution in [-0.4, -0.2) is 26.3 Å². The van der Waals surface area contributed by atoms with Crippen LogP contribution in [0.25, 0.3) is 0 Å². The van der Waals surface area contributed by atoms with Gasteiger partial charge in [-0.2, -0.15) is 4.72 Å². The molecule has 0 aliphatic carbocycles. The lowest BCUT2D eigenvalue weighted by Gasteiger charge is -2.15. The van der Waals surface area contributed by atoms with Crippen molar-refractivity contribution in [2.24, 2.45) is 11.5 Å². The number of carbonyl (C=O) groups excluding carboxylic acids is 2. The molecule has 21 heavy (non-hydrogen) atoms. The zero-order chi connectivity index (χ0) is 16.0. The Balaban J connectivity index is 2.89. The molecule has 0 radical (unpaired) electrons. The molecule has 0 bridgehead atoms. The van der Waals surface area contributed by atoms with Crippen LogP contribution in [0.15, 0.2) is 29.2 Å². The molecule has 0 heterocycles. The normalized spacial score (nSPS) is 12.8. The van der Waals surface area contributed by atoms with E-state index in [9.17, 15) is 18.0 Å². The molecular weight excluding hydrogens is 294 g/mol. The van der Waals surface area contributed by atoms with E-state index in [1.807, 2.05) is 6.92 Å². The average Bonchev–Trinajstić information content (AvgIpc) is 2.43. The van der Waals surface area contributed by atoms with Crippen LogP contribution in [0.4, 0.5) is 0 Å². The fraction of sp³-hybridized carbons (Fsp3) is 0.385. The van der Waals surface area contributed by atoms with Gasteiger partial charge in [-0.25, -0.2) is 8.42 Å². The van der Waals surface area contributed by atoms with Gasteiger partial charge in [-0.05, 0) is 30.5 Å². The highest BCUT2D eigenvalue weighted by atomic mass is 32.2. The number of hydrogen-bond donors (Lipinski definition) is 3. The summed E-state index contributed by atoms with van der Waals surface area (Å²) in [5.74, 6) is -1.49. The highest BCUT2D eigenvalue weighted by Gasteiger charge is 2.24. The van der Waals surface area contributed by atoms with Crippen LogP contribution in [-0.2, 0) is 26.0 Å². The van der Waals surface area contributed by atoms with Gasteiger partial charge < -0.3 is 11.5 Å². The minimum Gasteiger partial charge on any atom is -0.370 e. The monoisotopic (exact) mass is 313 g/mol. The first-order valence-electron chi connectivity index (χ1n) is 6.45. The molecule has 5 N–H and O–H groups in total. The van der Waals surface area contributed by atoms with Gasteiger partial charge in [-0.1, -0.05) is 19.1 Å². The maximum absolute atomic E-state index is 12.2. The van der Waals surface area contributed by atoms with Crippen molar-refractivity contribution in [3.05, 3.63) is 29.8 Å². The minimum absolute atomic E-state index is 0.0324. The van der Waals surface area contributed by atoms with E-state index in [1.165, 1.54) is 12.1 Å². The van der Waals surface area contributed by atoms with Crippen LogP contribution >= 0.6 is 0 Å². The highest BCUT2D eigenvalue weighted by Crippen LogP contribution is 2.12. The van der Waals surface area contributed by atoms with Gasteiger partial charge in [0.15, 0.2) is 0 Å². The van der Waals surface area contributed by atoms with E-state index >= 15 is 0 Å². The smallest absolute Gasteiger partial charge is 0.241 e. The van der Waals surface area contributed by atoms with Gasteiger partial charge in [0.1, 0.15) is 6.04 Å². The van der Waals surface area contributed by atoms with E-state index in [0.717, 1.165) is 12.0 Å². The van der Waals surface area contributed by atoms with Gasteiger partial charge in [0.05, 0.1) is 4.90 Å². The Morgan fingerprint density at radius 1 is 1.19 bits per heavy atom. The molecule has 116 valence electrons. The Morgan fingerprint density at radius 3 is 2.19 bits per heavy atom. The average molecular weight is 313 g/mol. The third-order valence-corrected chi connectivity index (χ3v) is 4.45. The summed E-state index contributed by atoms with van der Waals surface area (Å²) in [6.45, 7) is 1.95. The van der Waals surface area contributed by atoms with Crippen molar-refractivity contribution in [1.29, 1.82) is 0 Å². The first-order valence-corrected chi connectivity index (χ1v) is 7.93. The summed E-state index contributed by atoms with van der Waals surface area (Å²) in [6, 6.07) is 5.11. The minimum atomic E-state index is -3.88. The van der Waals surface area contributed by atoms with Gasteiger partial charge in [0.2, 0.25) is 21.8 Å². The Morgan fingerprint density at radius 2 is 1.76 bits per heavy atom. The lowest BCUT2D eigenvalue weighted by molar-refractivity contribution is -0.120. The number of nitrogens with two attached hydrogens (primary N) is 2. The van der Waals surface area contributed by atoms with Crippen molar-refractivity contribution >= 4 is 21.8 Å². The van der Waals surface area contributed by atoms with Gasteiger partial charge >= 0.3 is 0 Å². The number of hydrogen-bond acceptors (Lipinski definition) is 4. The summed E-state index contributed by atoms with van der Waals surface area (Å²) < 4.78 is 26.5. The van der Waals surface area contributed by atoms with Crippen LogP contribution in [0.2, 0.25) is 0 Å². The number of benzene rings is 1. The lowest BCUT2D eigenvalue weighted by Crippen LogP contribution is -2.44. The molecule has 1 aromatic carbocycles. The molecular formula is C13H19N3O4S. The molecule has 8 heteroatoms. The first kappa shape index (κ1) is 17.1. The fourth-order valence-electron chi connectivity index (χ4n) is 1.71. The molecule has 0 spiro atoms. The van der Waals surface area contributed by atoms with E-state index in [-0.39, 0.29) is 17.7 Å². The molecule has 7 nitrogen and oxygen atoms in total. The first-order chi connectivity index (χ1) is 9.76. The van der Waals surface area contributed by atoms with Crippen molar-refractivity contribution in [1.82, 2.24) is 4.72 Å². The quantitative estimate of drug-likeness (QED) is 0.605. The third kappa shape index (κ3) is 5.16. The summed E-state index contributed by atoms with van der Waals surface area (Å²) in [4.78, 5) is 22.0. The van der Waals surface area contributed by atoms with Gasteiger partial charge in [0.25, 0.3) is 0 Å². The zero-order valence-corrected chi connectivity index (χ0v) is 12.5. The maximum Gasteiger partial charge on any atom is 0.241 e. The highest BCUT2D eigenvalue weighted by molar-refractivity contribution is 7.89. The van der Waals surface area contributed by atoms with Crippen molar-refractivity contribution in [2.45, 2.75) is 37.1 Å². The van der Waals surface area contributed by atoms with Crippen molar-refractivity contribution < 1.29 is 18.0 Å². The summed E-state index contributed by atoms with van der Waals surface area (Å²) in [7, 11) is -3.88. The van der Waals surface area contributed by atoms with Crippen LogP contribution < -0.4 is 16.2 Å². The molecule has 1 rings (SSSR count). The van der Waals surface area contributed by atoms with Gasteiger partial charge in [-0.15, -0.1) is 0 Å². The van der Waals surface area contributed by atoms with Crippen molar-refractivity contribution in [3.8, 4) is 0 Å². The Hall–Kier alpha value is -1.93. The summed E-state index contributed by atoms with van der Waals surface area (Å²) in [5, 5.41) is 0. The number of sulfonamides is 1. The van der Waals surface area contributed by atoms with E-state index in [1.54, 1.807) is 12.1 Å². The molecule has 0 saturated heterocycles. The molecule has 0 aliphatic rings. The number of aryl methyl sites for hydroxylation is 1. The number of rotatable bonds is 8. The van der Waals surface area contributed by atoms with E-state index in [4.69, 9.17) is 11.5 Å².